The van der Waals surface area contributed by atoms with Crippen LogP contribution in [0, 0.1) is 0 Å². The van der Waals surface area contributed by atoms with Crippen LogP contribution in [0.1, 0.15) is 48.0 Å². The van der Waals surface area contributed by atoms with Gasteiger partial charge in [-0.25, -0.2) is 5.43 Å². The quantitative estimate of drug-likeness (QED) is 0.306. The average Bonchev–Trinajstić information content (AvgIpc) is 2.86. The molecular weight excluding hydrogens is 436 g/mol. The van der Waals surface area contributed by atoms with Crippen molar-refractivity contribution >= 4 is 40.6 Å². The number of hydrazone groups is 1. The Morgan fingerprint density at radius 1 is 0.941 bits per heavy atom. The fourth-order valence-electron chi connectivity index (χ4n) is 3.87. The smallest absolute Gasteiger partial charge is 0.329 e. The summed E-state index contributed by atoms with van der Waals surface area (Å²) in [4.78, 5) is 49.7. The predicted molar refractivity (Wildman–Crippen MR) is 128 cm³/mol. The molecule has 2 aromatic carbocycles. The molecule has 34 heavy (non-hydrogen) atoms. The first-order chi connectivity index (χ1) is 16.5. The summed E-state index contributed by atoms with van der Waals surface area (Å²) in [6.45, 7) is 0. The molecule has 1 aliphatic rings. The second-order valence-electron chi connectivity index (χ2n) is 8.02. The highest BCUT2D eigenvalue weighted by molar-refractivity contribution is 6.40. The monoisotopic (exact) mass is 460 g/mol. The summed E-state index contributed by atoms with van der Waals surface area (Å²) in [7, 11) is 0. The summed E-state index contributed by atoms with van der Waals surface area (Å²) >= 11 is 0. The van der Waals surface area contributed by atoms with Crippen LogP contribution in [-0.2, 0) is 9.59 Å². The Hall–Kier alpha value is -4.27. The molecular formula is C25H24N4O5. The van der Waals surface area contributed by atoms with E-state index in [-0.39, 0.29) is 34.2 Å². The lowest BCUT2D eigenvalue weighted by molar-refractivity contribution is -0.136. The number of anilines is 1. The second-order valence-corrected chi connectivity index (χ2v) is 8.02. The van der Waals surface area contributed by atoms with Gasteiger partial charge in [0, 0.05) is 6.04 Å². The van der Waals surface area contributed by atoms with Crippen molar-refractivity contribution in [2.75, 3.05) is 5.32 Å². The van der Waals surface area contributed by atoms with E-state index in [4.69, 9.17) is 4.42 Å². The Labute approximate surface area is 195 Å². The maximum absolute atomic E-state index is 12.7. The Morgan fingerprint density at radius 2 is 1.68 bits per heavy atom. The number of carbonyl (C=O) groups excluding carboxylic acids is 3. The Balaban J connectivity index is 1.38. The zero-order valence-corrected chi connectivity index (χ0v) is 18.4. The summed E-state index contributed by atoms with van der Waals surface area (Å²) in [6.07, 6.45) is 7.50. The molecule has 0 saturated heterocycles. The zero-order chi connectivity index (χ0) is 23.9. The SMILES string of the molecule is O=C(NN=Cc1coc2ccccc2c1=O)C(=O)Nc1ccccc1C(=O)NC1CCCCC1. The largest absolute Gasteiger partial charge is 0.463 e. The normalized spacial score (nSPS) is 14.1. The molecule has 1 heterocycles. The molecule has 1 aliphatic carbocycles. The van der Waals surface area contributed by atoms with Crippen molar-refractivity contribution in [2.45, 2.75) is 38.1 Å². The van der Waals surface area contributed by atoms with Crippen LogP contribution in [0.2, 0.25) is 0 Å². The molecule has 0 bridgehead atoms. The average molecular weight is 460 g/mol. The fraction of sp³-hybridized carbons (Fsp3) is 0.240. The number of carbonyl (C=O) groups is 3. The number of fused-ring (bicyclic) bond motifs is 1. The Bertz CT molecular complexity index is 1310. The van der Waals surface area contributed by atoms with Crippen LogP contribution in [-0.4, -0.2) is 30.0 Å². The van der Waals surface area contributed by atoms with Gasteiger partial charge in [0.15, 0.2) is 0 Å². The number of nitrogens with one attached hydrogen (secondary N) is 3. The third-order valence-electron chi connectivity index (χ3n) is 5.64. The zero-order valence-electron chi connectivity index (χ0n) is 18.4. The van der Waals surface area contributed by atoms with Crippen LogP contribution in [0.4, 0.5) is 5.69 Å². The molecule has 1 fully saturated rings. The van der Waals surface area contributed by atoms with Crippen LogP contribution in [0.5, 0.6) is 0 Å². The summed E-state index contributed by atoms with van der Waals surface area (Å²) in [5.74, 6) is -2.35. The van der Waals surface area contributed by atoms with Gasteiger partial charge in [0.05, 0.1) is 28.4 Å². The van der Waals surface area contributed by atoms with Crippen LogP contribution in [0.15, 0.2) is 69.1 Å². The van der Waals surface area contributed by atoms with Crippen molar-refractivity contribution in [3.63, 3.8) is 0 Å². The van der Waals surface area contributed by atoms with Crippen molar-refractivity contribution < 1.29 is 18.8 Å². The number of rotatable bonds is 5. The lowest BCUT2D eigenvalue weighted by Crippen LogP contribution is -2.37. The third-order valence-corrected chi connectivity index (χ3v) is 5.64. The molecule has 9 nitrogen and oxygen atoms in total. The third kappa shape index (κ3) is 5.37. The van der Waals surface area contributed by atoms with Gasteiger partial charge in [-0.15, -0.1) is 0 Å². The number of para-hydroxylation sites is 2. The van der Waals surface area contributed by atoms with Crippen molar-refractivity contribution in [1.82, 2.24) is 10.7 Å². The summed E-state index contributed by atoms with van der Waals surface area (Å²) in [6, 6.07) is 13.3. The Morgan fingerprint density at radius 3 is 2.50 bits per heavy atom. The fourth-order valence-corrected chi connectivity index (χ4v) is 3.87. The molecule has 0 unspecified atom stereocenters. The molecule has 3 amide bonds. The van der Waals surface area contributed by atoms with Gasteiger partial charge in [-0.1, -0.05) is 43.5 Å². The summed E-state index contributed by atoms with van der Waals surface area (Å²) in [5, 5.41) is 9.50. The van der Waals surface area contributed by atoms with Crippen LogP contribution >= 0.6 is 0 Å². The predicted octanol–water partition coefficient (Wildman–Crippen LogP) is 2.94. The number of nitrogens with zero attached hydrogens (tertiary/aromatic N) is 1. The van der Waals surface area contributed by atoms with Crippen molar-refractivity contribution in [3.05, 3.63) is 76.1 Å². The molecule has 0 spiro atoms. The first-order valence-corrected chi connectivity index (χ1v) is 11.1. The molecule has 174 valence electrons. The van der Waals surface area contributed by atoms with Gasteiger partial charge in [-0.3, -0.25) is 19.2 Å². The van der Waals surface area contributed by atoms with E-state index in [0.29, 0.717) is 11.0 Å². The van der Waals surface area contributed by atoms with E-state index in [9.17, 15) is 19.2 Å². The van der Waals surface area contributed by atoms with Crippen molar-refractivity contribution in [1.29, 1.82) is 0 Å². The molecule has 9 heteroatoms. The molecule has 3 aromatic rings. The van der Waals surface area contributed by atoms with Gasteiger partial charge in [-0.2, -0.15) is 5.10 Å². The van der Waals surface area contributed by atoms with Crippen molar-refractivity contribution in [2.24, 2.45) is 5.10 Å². The van der Waals surface area contributed by atoms with E-state index in [1.54, 1.807) is 48.5 Å². The molecule has 0 aliphatic heterocycles. The van der Waals surface area contributed by atoms with E-state index in [1.807, 2.05) is 0 Å². The molecule has 4 rings (SSSR count). The Kier molecular flexibility index (Phi) is 7.12. The number of benzene rings is 2. The highest BCUT2D eigenvalue weighted by atomic mass is 16.3. The molecule has 3 N–H and O–H groups in total. The topological polar surface area (TPSA) is 130 Å². The van der Waals surface area contributed by atoms with Gasteiger partial charge >= 0.3 is 11.8 Å². The summed E-state index contributed by atoms with van der Waals surface area (Å²) in [5.41, 5.74) is 2.79. The van der Waals surface area contributed by atoms with Gasteiger partial charge in [0.2, 0.25) is 5.43 Å². The van der Waals surface area contributed by atoms with Crippen LogP contribution in [0.25, 0.3) is 11.0 Å². The maximum Gasteiger partial charge on any atom is 0.329 e. The van der Waals surface area contributed by atoms with E-state index in [2.05, 4.69) is 21.2 Å². The highest BCUT2D eigenvalue weighted by Gasteiger charge is 2.21. The lowest BCUT2D eigenvalue weighted by atomic mass is 9.95. The van der Waals surface area contributed by atoms with E-state index < -0.39 is 11.8 Å². The minimum absolute atomic E-state index is 0.107. The van der Waals surface area contributed by atoms with Gasteiger partial charge in [-0.05, 0) is 37.1 Å². The molecule has 1 saturated carbocycles. The number of amides is 3. The number of hydrogen-bond donors (Lipinski definition) is 3. The first kappa shape index (κ1) is 22.9. The van der Waals surface area contributed by atoms with E-state index in [0.717, 1.165) is 31.9 Å². The van der Waals surface area contributed by atoms with E-state index >= 15 is 0 Å². The molecule has 1 aromatic heterocycles. The molecule has 0 atom stereocenters. The molecule has 0 radical (unpaired) electrons. The second kappa shape index (κ2) is 10.6. The van der Waals surface area contributed by atoms with Gasteiger partial charge in [0.25, 0.3) is 5.91 Å². The van der Waals surface area contributed by atoms with Gasteiger partial charge < -0.3 is 15.1 Å². The van der Waals surface area contributed by atoms with E-state index in [1.165, 1.54) is 12.7 Å². The van der Waals surface area contributed by atoms with Crippen LogP contribution < -0.4 is 21.5 Å². The minimum atomic E-state index is -1.05. The highest BCUT2D eigenvalue weighted by Crippen LogP contribution is 2.20. The van der Waals surface area contributed by atoms with Crippen molar-refractivity contribution in [3.8, 4) is 0 Å². The number of hydrogen-bond acceptors (Lipinski definition) is 6. The lowest BCUT2D eigenvalue weighted by Gasteiger charge is -2.23. The first-order valence-electron chi connectivity index (χ1n) is 11.1. The van der Waals surface area contributed by atoms with Crippen LogP contribution in [0.3, 0.4) is 0 Å². The maximum atomic E-state index is 12.7. The minimum Gasteiger partial charge on any atom is -0.463 e. The standard InChI is InChI=1S/C25H24N4O5/c30-22-16(15-34-21-13-7-5-11-19(21)22)14-26-29-25(33)24(32)28-20-12-6-4-10-18(20)23(31)27-17-8-2-1-3-9-17/h4-7,10-15,17H,1-3,8-9H2,(H,27,31)(H,28,32)(H,29,33). The van der Waals surface area contributed by atoms with Gasteiger partial charge in [0.1, 0.15) is 11.8 Å². The summed E-state index contributed by atoms with van der Waals surface area (Å²) < 4.78 is 5.38.